The van der Waals surface area contributed by atoms with Crippen molar-refractivity contribution >= 4 is 18.3 Å². The quantitative estimate of drug-likeness (QED) is 0.410. The fourth-order valence-corrected chi connectivity index (χ4v) is 0.913. The molecule has 3 nitrogen and oxygen atoms in total. The maximum Gasteiger partial charge on any atom is 0.371 e. The molecule has 0 aliphatic rings. The predicted molar refractivity (Wildman–Crippen MR) is 52.5 cm³/mol. The third-order valence-corrected chi connectivity index (χ3v) is 1.53. The van der Waals surface area contributed by atoms with Crippen LogP contribution in [0.3, 0.4) is 0 Å². The Morgan fingerprint density at radius 2 is 2.00 bits per heavy atom. The van der Waals surface area contributed by atoms with Crippen molar-refractivity contribution in [2.45, 2.75) is 0 Å². The number of rotatable bonds is 4. The van der Waals surface area contributed by atoms with Crippen LogP contribution in [-0.4, -0.2) is 18.9 Å². The predicted octanol–water partition coefficient (Wildman–Crippen LogP) is 1.44. The lowest BCUT2D eigenvalue weighted by Crippen LogP contribution is -2.04. The molecule has 0 aromatic heterocycles. The lowest BCUT2D eigenvalue weighted by molar-refractivity contribution is -0.147. The van der Waals surface area contributed by atoms with Crippen LogP contribution in [0.5, 0.6) is 0 Å². The van der Waals surface area contributed by atoms with E-state index in [-0.39, 0.29) is 12.9 Å². The van der Waals surface area contributed by atoms with Gasteiger partial charge in [-0.3, -0.25) is 4.79 Å². The van der Waals surface area contributed by atoms with Crippen LogP contribution in [0.4, 0.5) is 0 Å². The highest BCUT2D eigenvalue weighted by atomic mass is 16.5. The molecule has 0 N–H and O–H groups in total. The monoisotopic (exact) mass is 190 g/mol. The van der Waals surface area contributed by atoms with Crippen molar-refractivity contribution < 1.29 is 14.3 Å². The molecule has 0 amide bonds. The Kier molecular flexibility index (Phi) is 4.14. The fourth-order valence-electron chi connectivity index (χ4n) is 0.913. The lowest BCUT2D eigenvalue weighted by atomic mass is 10.2. The molecule has 0 spiro atoms. The second-order valence-electron chi connectivity index (χ2n) is 2.56. The first-order valence-electron chi connectivity index (χ1n) is 4.16. The first-order chi connectivity index (χ1) is 6.83. The van der Waals surface area contributed by atoms with Crippen LogP contribution in [0, 0.1) is 0 Å². The van der Waals surface area contributed by atoms with Crippen LogP contribution >= 0.6 is 0 Å². The molecule has 0 aliphatic heterocycles. The minimum absolute atomic E-state index is 0.118. The summed E-state index contributed by atoms with van der Waals surface area (Å²) in [7, 11) is 0. The average Bonchev–Trinajstić information content (AvgIpc) is 2.25. The summed E-state index contributed by atoms with van der Waals surface area (Å²) in [6, 6.07) is 9.61. The van der Waals surface area contributed by atoms with E-state index in [9.17, 15) is 9.59 Å². The van der Waals surface area contributed by atoms with E-state index < -0.39 is 5.97 Å². The Bertz CT molecular complexity index is 328. The summed E-state index contributed by atoms with van der Waals surface area (Å²) in [5.41, 5.74) is 1.02. The Hall–Kier alpha value is -1.90. The SMILES string of the molecule is O=CC(=O)OC/C=C/c1ccccc1. The summed E-state index contributed by atoms with van der Waals surface area (Å²) in [6.45, 7) is 0.118. The van der Waals surface area contributed by atoms with E-state index >= 15 is 0 Å². The second-order valence-corrected chi connectivity index (χ2v) is 2.56. The van der Waals surface area contributed by atoms with E-state index in [0.717, 1.165) is 5.56 Å². The molecule has 0 saturated carbocycles. The number of hydrogen-bond acceptors (Lipinski definition) is 3. The van der Waals surface area contributed by atoms with E-state index in [1.807, 2.05) is 36.4 Å². The fraction of sp³-hybridized carbons (Fsp3) is 0.0909. The van der Waals surface area contributed by atoms with Crippen molar-refractivity contribution in [3.05, 3.63) is 42.0 Å². The van der Waals surface area contributed by atoms with Gasteiger partial charge in [0.2, 0.25) is 6.29 Å². The van der Waals surface area contributed by atoms with Crippen molar-refractivity contribution in [3.63, 3.8) is 0 Å². The molecule has 0 radical (unpaired) electrons. The third-order valence-electron chi connectivity index (χ3n) is 1.53. The first kappa shape index (κ1) is 10.2. The van der Waals surface area contributed by atoms with Crippen molar-refractivity contribution in [1.29, 1.82) is 0 Å². The van der Waals surface area contributed by atoms with Crippen LogP contribution in [0.2, 0.25) is 0 Å². The number of carbonyl (C=O) groups is 2. The first-order valence-corrected chi connectivity index (χ1v) is 4.16. The van der Waals surface area contributed by atoms with Crippen molar-refractivity contribution in [1.82, 2.24) is 0 Å². The molecule has 0 aliphatic carbocycles. The molecule has 14 heavy (non-hydrogen) atoms. The van der Waals surface area contributed by atoms with Gasteiger partial charge in [-0.1, -0.05) is 36.4 Å². The average molecular weight is 190 g/mol. The summed E-state index contributed by atoms with van der Waals surface area (Å²) in [6.07, 6.45) is 3.64. The molecule has 0 saturated heterocycles. The van der Waals surface area contributed by atoms with Crippen molar-refractivity contribution in [3.8, 4) is 0 Å². The lowest BCUT2D eigenvalue weighted by Gasteiger charge is -1.94. The second kappa shape index (κ2) is 5.70. The molecular weight excluding hydrogens is 180 g/mol. The van der Waals surface area contributed by atoms with Gasteiger partial charge in [-0.25, -0.2) is 4.79 Å². The highest BCUT2D eigenvalue weighted by molar-refractivity contribution is 6.20. The molecule has 0 unspecified atom stereocenters. The molecular formula is C11H10O3. The smallest absolute Gasteiger partial charge is 0.371 e. The van der Waals surface area contributed by atoms with Crippen LogP contribution in [0.15, 0.2) is 36.4 Å². The van der Waals surface area contributed by atoms with Gasteiger partial charge in [0, 0.05) is 0 Å². The standard InChI is InChI=1S/C11H10O3/c12-9-11(13)14-8-4-7-10-5-2-1-3-6-10/h1-7,9H,8H2/b7-4+. The van der Waals surface area contributed by atoms with Crippen LogP contribution < -0.4 is 0 Å². The van der Waals surface area contributed by atoms with Gasteiger partial charge in [0.1, 0.15) is 6.61 Å². The summed E-state index contributed by atoms with van der Waals surface area (Å²) < 4.78 is 4.52. The maximum absolute atomic E-state index is 10.4. The topological polar surface area (TPSA) is 43.4 Å². The highest BCUT2D eigenvalue weighted by Crippen LogP contribution is 2.00. The summed E-state index contributed by atoms with van der Waals surface area (Å²) >= 11 is 0. The number of esters is 1. The molecule has 72 valence electrons. The third kappa shape index (κ3) is 3.67. The van der Waals surface area contributed by atoms with Crippen LogP contribution in [0.25, 0.3) is 6.08 Å². The van der Waals surface area contributed by atoms with Crippen molar-refractivity contribution in [2.75, 3.05) is 6.61 Å². The van der Waals surface area contributed by atoms with Gasteiger partial charge in [-0.2, -0.15) is 0 Å². The molecule has 1 rings (SSSR count). The van der Waals surface area contributed by atoms with Gasteiger partial charge in [0.05, 0.1) is 0 Å². The maximum atomic E-state index is 10.4. The van der Waals surface area contributed by atoms with Crippen LogP contribution in [0.1, 0.15) is 5.56 Å². The molecule has 0 heterocycles. The minimum atomic E-state index is -0.845. The van der Waals surface area contributed by atoms with E-state index in [1.54, 1.807) is 6.08 Å². The Morgan fingerprint density at radius 3 is 2.64 bits per heavy atom. The zero-order chi connectivity index (χ0) is 10.2. The molecule has 1 aromatic rings. The normalized spacial score (nSPS) is 10.0. The van der Waals surface area contributed by atoms with Gasteiger partial charge in [0.25, 0.3) is 0 Å². The molecule has 3 heteroatoms. The van der Waals surface area contributed by atoms with E-state index in [1.165, 1.54) is 0 Å². The van der Waals surface area contributed by atoms with Gasteiger partial charge in [-0.05, 0) is 11.6 Å². The molecule has 0 fully saturated rings. The summed E-state index contributed by atoms with van der Waals surface area (Å²) in [5, 5.41) is 0. The number of hydrogen-bond donors (Lipinski definition) is 0. The zero-order valence-corrected chi connectivity index (χ0v) is 7.55. The Morgan fingerprint density at radius 1 is 1.29 bits per heavy atom. The van der Waals surface area contributed by atoms with Crippen LogP contribution in [-0.2, 0) is 14.3 Å². The Balaban J connectivity index is 2.35. The zero-order valence-electron chi connectivity index (χ0n) is 7.55. The number of carbonyl (C=O) groups excluding carboxylic acids is 2. The summed E-state index contributed by atoms with van der Waals surface area (Å²) in [5.74, 6) is -0.845. The van der Waals surface area contributed by atoms with Gasteiger partial charge >= 0.3 is 5.97 Å². The summed E-state index contributed by atoms with van der Waals surface area (Å²) in [4.78, 5) is 20.3. The number of aldehydes is 1. The molecule has 0 bridgehead atoms. The van der Waals surface area contributed by atoms with E-state index in [4.69, 9.17) is 0 Å². The van der Waals surface area contributed by atoms with Crippen molar-refractivity contribution in [2.24, 2.45) is 0 Å². The van der Waals surface area contributed by atoms with E-state index in [0.29, 0.717) is 0 Å². The van der Waals surface area contributed by atoms with Gasteiger partial charge in [-0.15, -0.1) is 0 Å². The number of ether oxygens (including phenoxy) is 1. The minimum Gasteiger partial charge on any atom is -0.456 e. The Labute approximate surface area is 82.0 Å². The molecule has 0 atom stereocenters. The van der Waals surface area contributed by atoms with Gasteiger partial charge < -0.3 is 4.74 Å². The van der Waals surface area contributed by atoms with E-state index in [2.05, 4.69) is 4.74 Å². The van der Waals surface area contributed by atoms with Gasteiger partial charge in [0.15, 0.2) is 0 Å². The largest absolute Gasteiger partial charge is 0.456 e. The molecule has 1 aromatic carbocycles. The highest BCUT2D eigenvalue weighted by Gasteiger charge is 1.94. The number of benzene rings is 1.